The Bertz CT molecular complexity index is 1490. The zero-order valence-corrected chi connectivity index (χ0v) is 19.7. The average Bonchev–Trinajstić information content (AvgIpc) is 3.09. The second-order valence-electron chi connectivity index (χ2n) is 7.72. The molecule has 3 aromatic carbocycles. The monoisotopic (exact) mass is 504 g/mol. The number of anilines is 2. The number of nitrogens with one attached hydrogen (secondary N) is 2. The predicted octanol–water partition coefficient (Wildman–Crippen LogP) is 6.59. The molecular formula is C24H19F3N2O3S2. The first-order chi connectivity index (χ1) is 15.9. The van der Waals surface area contributed by atoms with Crippen LogP contribution in [0.4, 0.5) is 24.5 Å². The number of alkyl halides is 3. The minimum Gasteiger partial charge on any atom is -0.321 e. The summed E-state index contributed by atoms with van der Waals surface area (Å²) in [5, 5.41) is 3.06. The largest absolute Gasteiger partial charge is 0.416 e. The Morgan fingerprint density at radius 2 is 1.59 bits per heavy atom. The lowest BCUT2D eigenvalue weighted by atomic mass is 10.1. The SMILES string of the molecule is Cc1ccc(S(=O)(=O)Nc2cccc(NC(=O)c3sc4ccc(C(F)(F)F)cc4c3C)c2)cc1. The third-order valence-corrected chi connectivity index (χ3v) is 7.84. The number of rotatable bonds is 5. The number of fused-ring (bicyclic) bond motifs is 1. The molecule has 0 unspecified atom stereocenters. The molecule has 0 fully saturated rings. The third-order valence-electron chi connectivity index (χ3n) is 5.17. The lowest BCUT2D eigenvalue weighted by Gasteiger charge is -2.10. The molecule has 34 heavy (non-hydrogen) atoms. The molecule has 0 atom stereocenters. The van der Waals surface area contributed by atoms with Gasteiger partial charge in [-0.2, -0.15) is 13.2 Å². The summed E-state index contributed by atoms with van der Waals surface area (Å²) in [5.74, 6) is -0.495. The van der Waals surface area contributed by atoms with Gasteiger partial charge in [-0.1, -0.05) is 23.8 Å². The van der Waals surface area contributed by atoms with E-state index in [-0.39, 0.29) is 15.5 Å². The number of sulfonamides is 1. The van der Waals surface area contributed by atoms with E-state index in [9.17, 15) is 26.4 Å². The van der Waals surface area contributed by atoms with Gasteiger partial charge in [-0.15, -0.1) is 11.3 Å². The summed E-state index contributed by atoms with van der Waals surface area (Å²) >= 11 is 1.09. The van der Waals surface area contributed by atoms with Gasteiger partial charge in [0, 0.05) is 10.4 Å². The Balaban J connectivity index is 1.56. The van der Waals surface area contributed by atoms with Crippen LogP contribution in [0.3, 0.4) is 0 Å². The van der Waals surface area contributed by atoms with Gasteiger partial charge in [0.25, 0.3) is 15.9 Å². The molecule has 4 rings (SSSR count). The number of halogens is 3. The van der Waals surface area contributed by atoms with Crippen LogP contribution in [0.25, 0.3) is 10.1 Å². The van der Waals surface area contributed by atoms with Gasteiger partial charge in [0.05, 0.1) is 21.0 Å². The van der Waals surface area contributed by atoms with Crippen LogP contribution in [0.2, 0.25) is 0 Å². The smallest absolute Gasteiger partial charge is 0.321 e. The van der Waals surface area contributed by atoms with Crippen molar-refractivity contribution in [3.63, 3.8) is 0 Å². The van der Waals surface area contributed by atoms with Crippen molar-refractivity contribution in [2.75, 3.05) is 10.0 Å². The molecule has 1 aromatic heterocycles. The molecule has 176 valence electrons. The summed E-state index contributed by atoms with van der Waals surface area (Å²) < 4.78 is 67.5. The Hall–Kier alpha value is -3.37. The molecule has 0 radical (unpaired) electrons. The van der Waals surface area contributed by atoms with Gasteiger partial charge < -0.3 is 5.32 Å². The van der Waals surface area contributed by atoms with E-state index in [1.807, 2.05) is 6.92 Å². The standard InChI is InChI=1S/C24H19F3N2O3S2/c1-14-6-9-19(10-7-14)34(31,32)29-18-5-3-4-17(13-18)28-23(30)22-15(2)20-12-16(24(25,26)27)8-11-21(20)33-22/h3-13,29H,1-2H3,(H,28,30). The van der Waals surface area contributed by atoms with Crippen molar-refractivity contribution in [2.24, 2.45) is 0 Å². The summed E-state index contributed by atoms with van der Waals surface area (Å²) in [5.41, 5.74) is 1.18. The van der Waals surface area contributed by atoms with Crippen LogP contribution >= 0.6 is 11.3 Å². The molecule has 0 saturated carbocycles. The maximum Gasteiger partial charge on any atom is 0.416 e. The predicted molar refractivity (Wildman–Crippen MR) is 128 cm³/mol. The number of hydrogen-bond donors (Lipinski definition) is 2. The maximum atomic E-state index is 13.1. The van der Waals surface area contributed by atoms with Crippen LogP contribution in [-0.2, 0) is 16.2 Å². The van der Waals surface area contributed by atoms with Crippen molar-refractivity contribution < 1.29 is 26.4 Å². The highest BCUT2D eigenvalue weighted by Crippen LogP contribution is 2.37. The minimum atomic E-state index is -4.47. The van der Waals surface area contributed by atoms with E-state index in [1.165, 1.54) is 24.3 Å². The summed E-state index contributed by atoms with van der Waals surface area (Å²) in [4.78, 5) is 13.3. The molecule has 0 aliphatic heterocycles. The minimum absolute atomic E-state index is 0.103. The molecular weight excluding hydrogens is 485 g/mol. The van der Waals surface area contributed by atoms with Gasteiger partial charge >= 0.3 is 6.18 Å². The molecule has 0 bridgehead atoms. The van der Waals surface area contributed by atoms with E-state index >= 15 is 0 Å². The Kier molecular flexibility index (Phi) is 6.13. The molecule has 0 spiro atoms. The van der Waals surface area contributed by atoms with Crippen LogP contribution < -0.4 is 10.0 Å². The molecule has 5 nitrogen and oxygen atoms in total. The number of benzene rings is 3. The lowest BCUT2D eigenvalue weighted by Crippen LogP contribution is -2.14. The number of hydrogen-bond acceptors (Lipinski definition) is 4. The van der Waals surface area contributed by atoms with Crippen LogP contribution in [-0.4, -0.2) is 14.3 Å². The van der Waals surface area contributed by atoms with Gasteiger partial charge in [0.1, 0.15) is 0 Å². The fourth-order valence-corrected chi connectivity index (χ4v) is 5.53. The van der Waals surface area contributed by atoms with Crippen molar-refractivity contribution >= 4 is 48.7 Å². The lowest BCUT2D eigenvalue weighted by molar-refractivity contribution is -0.137. The number of aryl methyl sites for hydroxylation is 2. The second kappa shape index (κ2) is 8.77. The fraction of sp³-hybridized carbons (Fsp3) is 0.125. The van der Waals surface area contributed by atoms with Gasteiger partial charge in [-0.05, 0) is 73.3 Å². The number of carbonyl (C=O) groups is 1. The van der Waals surface area contributed by atoms with Crippen molar-refractivity contribution in [2.45, 2.75) is 24.9 Å². The Morgan fingerprint density at radius 3 is 2.26 bits per heavy atom. The maximum absolute atomic E-state index is 13.1. The Morgan fingerprint density at radius 1 is 0.912 bits per heavy atom. The van der Waals surface area contributed by atoms with Crippen molar-refractivity contribution in [1.29, 1.82) is 0 Å². The molecule has 1 heterocycles. The molecule has 2 N–H and O–H groups in total. The molecule has 0 aliphatic carbocycles. The van der Waals surface area contributed by atoms with Crippen molar-refractivity contribution in [3.05, 3.63) is 88.3 Å². The first kappa shape index (κ1) is 23.8. The van der Waals surface area contributed by atoms with Crippen LogP contribution in [0.5, 0.6) is 0 Å². The summed E-state index contributed by atoms with van der Waals surface area (Å²) in [6.07, 6.45) is -4.47. The molecule has 0 saturated heterocycles. The van der Waals surface area contributed by atoms with E-state index in [0.717, 1.165) is 29.0 Å². The number of thiophene rings is 1. The van der Waals surface area contributed by atoms with Crippen LogP contribution in [0.1, 0.15) is 26.4 Å². The highest BCUT2D eigenvalue weighted by Gasteiger charge is 2.31. The van der Waals surface area contributed by atoms with Gasteiger partial charge in [0.2, 0.25) is 0 Å². The van der Waals surface area contributed by atoms with Crippen molar-refractivity contribution in [3.8, 4) is 0 Å². The average molecular weight is 505 g/mol. The summed E-state index contributed by atoms with van der Waals surface area (Å²) in [7, 11) is -3.82. The Labute approximate surface area is 198 Å². The highest BCUT2D eigenvalue weighted by atomic mass is 32.2. The first-order valence-electron chi connectivity index (χ1n) is 10.1. The number of carbonyl (C=O) groups excluding carboxylic acids is 1. The van der Waals surface area contributed by atoms with Gasteiger partial charge in [0.15, 0.2) is 0 Å². The molecule has 4 aromatic rings. The topological polar surface area (TPSA) is 75.3 Å². The first-order valence-corrected chi connectivity index (χ1v) is 12.4. The second-order valence-corrected chi connectivity index (χ2v) is 10.5. The van der Waals surface area contributed by atoms with Gasteiger partial charge in [-0.3, -0.25) is 9.52 Å². The number of amides is 1. The summed E-state index contributed by atoms with van der Waals surface area (Å²) in [6, 6.07) is 15.9. The molecule has 10 heteroatoms. The van der Waals surface area contributed by atoms with Crippen molar-refractivity contribution in [1.82, 2.24) is 0 Å². The molecule has 1 amide bonds. The molecule has 0 aliphatic rings. The fourth-order valence-electron chi connectivity index (χ4n) is 3.39. The quantitative estimate of drug-likeness (QED) is 0.322. The van der Waals surface area contributed by atoms with Gasteiger partial charge in [-0.25, -0.2) is 8.42 Å². The van der Waals surface area contributed by atoms with E-state index < -0.39 is 27.7 Å². The van der Waals surface area contributed by atoms with E-state index in [1.54, 1.807) is 37.3 Å². The van der Waals surface area contributed by atoms with Crippen LogP contribution in [0, 0.1) is 13.8 Å². The third kappa shape index (κ3) is 4.92. The zero-order valence-electron chi connectivity index (χ0n) is 18.0. The normalized spacial score (nSPS) is 12.0. The van der Waals surface area contributed by atoms with E-state index in [0.29, 0.717) is 21.3 Å². The van der Waals surface area contributed by atoms with Crippen LogP contribution in [0.15, 0.2) is 71.6 Å². The van der Waals surface area contributed by atoms with E-state index in [2.05, 4.69) is 10.0 Å². The zero-order chi connectivity index (χ0) is 24.7. The van der Waals surface area contributed by atoms with E-state index in [4.69, 9.17) is 0 Å². The highest BCUT2D eigenvalue weighted by molar-refractivity contribution is 7.92. The summed E-state index contributed by atoms with van der Waals surface area (Å²) in [6.45, 7) is 3.45.